The molecule has 2 nitrogen and oxygen atoms in total. The van der Waals surface area contributed by atoms with Crippen molar-refractivity contribution in [3.05, 3.63) is 35.4 Å². The molecular formula is C23H36O2. The fourth-order valence-electron chi connectivity index (χ4n) is 4.76. The second-order valence-corrected chi connectivity index (χ2v) is 8.37. The highest BCUT2D eigenvalue weighted by Gasteiger charge is 2.23. The normalized spacial score (nSPS) is 30.3. The SMILES string of the molecule is CCCC1CCC(CCc2ccc(C3CCC(CO)OC3)cc2)CC1. The van der Waals surface area contributed by atoms with Crippen LogP contribution < -0.4 is 0 Å². The van der Waals surface area contributed by atoms with E-state index in [1.54, 1.807) is 0 Å². The topological polar surface area (TPSA) is 29.5 Å². The summed E-state index contributed by atoms with van der Waals surface area (Å²) in [4.78, 5) is 0. The Morgan fingerprint density at radius 1 is 0.920 bits per heavy atom. The number of rotatable bonds is 7. The lowest BCUT2D eigenvalue weighted by Crippen LogP contribution is -2.27. The molecule has 1 N–H and O–H groups in total. The van der Waals surface area contributed by atoms with Gasteiger partial charge in [-0.2, -0.15) is 0 Å². The average molecular weight is 345 g/mol. The van der Waals surface area contributed by atoms with E-state index in [0.29, 0.717) is 5.92 Å². The van der Waals surface area contributed by atoms with Crippen molar-refractivity contribution < 1.29 is 9.84 Å². The number of hydrogen-bond acceptors (Lipinski definition) is 2. The zero-order chi connectivity index (χ0) is 17.5. The lowest BCUT2D eigenvalue weighted by molar-refractivity contribution is -0.0269. The van der Waals surface area contributed by atoms with E-state index in [-0.39, 0.29) is 12.7 Å². The average Bonchev–Trinajstić information content (AvgIpc) is 2.68. The first kappa shape index (κ1) is 18.9. The summed E-state index contributed by atoms with van der Waals surface area (Å²) in [6, 6.07) is 9.27. The van der Waals surface area contributed by atoms with Crippen LogP contribution in [0.1, 0.15) is 81.8 Å². The van der Waals surface area contributed by atoms with Gasteiger partial charge in [-0.15, -0.1) is 0 Å². The molecule has 1 aromatic rings. The lowest BCUT2D eigenvalue weighted by Gasteiger charge is -2.29. The van der Waals surface area contributed by atoms with Gasteiger partial charge < -0.3 is 9.84 Å². The Balaban J connectivity index is 1.41. The molecule has 2 unspecified atom stereocenters. The Morgan fingerprint density at radius 3 is 2.16 bits per heavy atom. The van der Waals surface area contributed by atoms with Gasteiger partial charge in [0.25, 0.3) is 0 Å². The van der Waals surface area contributed by atoms with Crippen LogP contribution >= 0.6 is 0 Å². The minimum Gasteiger partial charge on any atom is -0.394 e. The number of aliphatic hydroxyl groups excluding tert-OH is 1. The molecule has 2 atom stereocenters. The van der Waals surface area contributed by atoms with E-state index < -0.39 is 0 Å². The Kier molecular flexibility index (Phi) is 7.36. The molecule has 0 amide bonds. The van der Waals surface area contributed by atoms with Crippen molar-refractivity contribution in [2.24, 2.45) is 11.8 Å². The highest BCUT2D eigenvalue weighted by molar-refractivity contribution is 5.26. The van der Waals surface area contributed by atoms with Crippen LogP contribution in [0.5, 0.6) is 0 Å². The molecule has 0 radical (unpaired) electrons. The molecule has 140 valence electrons. The number of hydrogen-bond donors (Lipinski definition) is 1. The fourth-order valence-corrected chi connectivity index (χ4v) is 4.76. The Hall–Kier alpha value is -0.860. The zero-order valence-corrected chi connectivity index (χ0v) is 16.0. The highest BCUT2D eigenvalue weighted by Crippen LogP contribution is 2.34. The molecule has 1 aliphatic heterocycles. The van der Waals surface area contributed by atoms with Crippen LogP contribution in [0.3, 0.4) is 0 Å². The van der Waals surface area contributed by atoms with Crippen LogP contribution in [0.4, 0.5) is 0 Å². The number of benzene rings is 1. The summed E-state index contributed by atoms with van der Waals surface area (Å²) in [7, 11) is 0. The van der Waals surface area contributed by atoms with E-state index in [4.69, 9.17) is 9.84 Å². The Labute approximate surface area is 154 Å². The second kappa shape index (κ2) is 9.73. The van der Waals surface area contributed by atoms with Crippen LogP contribution in [0, 0.1) is 11.8 Å². The Morgan fingerprint density at radius 2 is 1.60 bits per heavy atom. The molecule has 0 aromatic heterocycles. The number of aliphatic hydroxyl groups is 1. The third-order valence-electron chi connectivity index (χ3n) is 6.53. The predicted molar refractivity (Wildman–Crippen MR) is 104 cm³/mol. The van der Waals surface area contributed by atoms with E-state index in [2.05, 4.69) is 31.2 Å². The van der Waals surface area contributed by atoms with Gasteiger partial charge in [-0.25, -0.2) is 0 Å². The first-order valence-electron chi connectivity index (χ1n) is 10.6. The molecule has 2 heteroatoms. The third kappa shape index (κ3) is 5.56. The molecular weight excluding hydrogens is 308 g/mol. The molecule has 1 aromatic carbocycles. The van der Waals surface area contributed by atoms with E-state index in [1.807, 2.05) is 0 Å². The molecule has 1 saturated heterocycles. The highest BCUT2D eigenvalue weighted by atomic mass is 16.5. The first-order chi connectivity index (χ1) is 12.3. The summed E-state index contributed by atoms with van der Waals surface area (Å²) in [5, 5.41) is 9.17. The monoisotopic (exact) mass is 344 g/mol. The van der Waals surface area contributed by atoms with Crippen molar-refractivity contribution in [1.29, 1.82) is 0 Å². The summed E-state index contributed by atoms with van der Waals surface area (Å²) < 4.78 is 5.73. The van der Waals surface area contributed by atoms with Crippen LogP contribution in [0.2, 0.25) is 0 Å². The predicted octanol–water partition coefficient (Wildman–Crippen LogP) is 5.48. The van der Waals surface area contributed by atoms with Crippen molar-refractivity contribution >= 4 is 0 Å². The molecule has 1 aliphatic carbocycles. The van der Waals surface area contributed by atoms with E-state index in [0.717, 1.165) is 31.3 Å². The Bertz CT molecular complexity index is 479. The van der Waals surface area contributed by atoms with E-state index in [9.17, 15) is 0 Å². The molecule has 1 heterocycles. The van der Waals surface area contributed by atoms with Crippen LogP contribution in [0.25, 0.3) is 0 Å². The standard InChI is InChI=1S/C23H36O2/c1-2-3-18-4-6-19(7-5-18)8-9-20-10-12-21(13-11-20)22-14-15-23(16-24)25-17-22/h10-13,18-19,22-24H,2-9,14-17H2,1H3. The van der Waals surface area contributed by atoms with Crippen LogP contribution in [-0.4, -0.2) is 24.4 Å². The molecule has 0 spiro atoms. The molecule has 3 rings (SSSR count). The molecule has 25 heavy (non-hydrogen) atoms. The van der Waals surface area contributed by atoms with E-state index in [1.165, 1.54) is 62.5 Å². The maximum Gasteiger partial charge on any atom is 0.0806 e. The van der Waals surface area contributed by atoms with Crippen molar-refractivity contribution in [2.45, 2.75) is 83.2 Å². The van der Waals surface area contributed by atoms with Crippen molar-refractivity contribution in [2.75, 3.05) is 13.2 Å². The van der Waals surface area contributed by atoms with Gasteiger partial charge in [0, 0.05) is 5.92 Å². The van der Waals surface area contributed by atoms with Gasteiger partial charge in [0.1, 0.15) is 0 Å². The van der Waals surface area contributed by atoms with Crippen molar-refractivity contribution in [3.8, 4) is 0 Å². The minimum atomic E-state index is 0.0583. The zero-order valence-electron chi connectivity index (χ0n) is 16.0. The van der Waals surface area contributed by atoms with Gasteiger partial charge >= 0.3 is 0 Å². The van der Waals surface area contributed by atoms with Gasteiger partial charge in [0.15, 0.2) is 0 Å². The molecule has 2 fully saturated rings. The number of ether oxygens (including phenoxy) is 1. The first-order valence-corrected chi connectivity index (χ1v) is 10.6. The van der Waals surface area contributed by atoms with Gasteiger partial charge in [-0.05, 0) is 48.6 Å². The van der Waals surface area contributed by atoms with Gasteiger partial charge in [0.2, 0.25) is 0 Å². The summed E-state index contributed by atoms with van der Waals surface area (Å²) in [5.74, 6) is 2.48. The van der Waals surface area contributed by atoms with Crippen molar-refractivity contribution in [3.63, 3.8) is 0 Å². The quantitative estimate of drug-likeness (QED) is 0.709. The van der Waals surface area contributed by atoms with Gasteiger partial charge in [-0.3, -0.25) is 0 Å². The summed E-state index contributed by atoms with van der Waals surface area (Å²) in [6.45, 7) is 3.23. The summed E-state index contributed by atoms with van der Waals surface area (Å²) in [6.07, 6.45) is 13.4. The lowest BCUT2D eigenvalue weighted by atomic mass is 9.78. The van der Waals surface area contributed by atoms with Gasteiger partial charge in [0.05, 0.1) is 19.3 Å². The van der Waals surface area contributed by atoms with Crippen LogP contribution in [0.15, 0.2) is 24.3 Å². The minimum absolute atomic E-state index is 0.0583. The second-order valence-electron chi connectivity index (χ2n) is 8.37. The molecule has 1 saturated carbocycles. The maximum absolute atomic E-state index is 9.17. The fraction of sp³-hybridized carbons (Fsp3) is 0.739. The maximum atomic E-state index is 9.17. The third-order valence-corrected chi connectivity index (χ3v) is 6.53. The smallest absolute Gasteiger partial charge is 0.0806 e. The molecule has 2 aliphatic rings. The van der Waals surface area contributed by atoms with Crippen molar-refractivity contribution in [1.82, 2.24) is 0 Å². The largest absolute Gasteiger partial charge is 0.394 e. The summed E-state index contributed by atoms with van der Waals surface area (Å²) in [5.41, 5.74) is 2.89. The summed E-state index contributed by atoms with van der Waals surface area (Å²) >= 11 is 0. The van der Waals surface area contributed by atoms with Crippen LogP contribution in [-0.2, 0) is 11.2 Å². The van der Waals surface area contributed by atoms with Gasteiger partial charge in [-0.1, -0.05) is 69.7 Å². The number of aryl methyl sites for hydroxylation is 1. The molecule has 0 bridgehead atoms. The van der Waals surface area contributed by atoms with E-state index >= 15 is 0 Å².